The molecular weight excluding hydrogens is 563 g/mol. The standard InChI is InChI=1S/C27H28Cl2N4O7/c1-5-9-39-25-17(10-18(28)12-19(25)29)13-30-33-22(34)14-40-20-8-7-16(11-21(20)38-6-2)24-23(26(35)37-4)15(3)31-27(36)32-24/h1,7-8,10-13,22,24,33-34H,6,9,14H2,2-4H3,(H2,31,32,36)/b30-13+/t22-,24+/m1/s1. The van der Waals surface area contributed by atoms with Gasteiger partial charge in [-0.25, -0.2) is 9.59 Å². The van der Waals surface area contributed by atoms with Crippen LogP contribution in [0.5, 0.6) is 17.2 Å². The maximum absolute atomic E-state index is 12.4. The summed E-state index contributed by atoms with van der Waals surface area (Å²) in [7, 11) is 1.26. The Bertz CT molecular complexity index is 1360. The zero-order valence-electron chi connectivity index (χ0n) is 21.9. The lowest BCUT2D eigenvalue weighted by molar-refractivity contribution is -0.136. The SMILES string of the molecule is C#CCOc1c(Cl)cc(Cl)cc1/C=N/N[C@H](O)COc1ccc([C@@H]2NC(=O)NC(C)=C2C(=O)OC)cc1OCC. The van der Waals surface area contributed by atoms with Crippen LogP contribution in [0.2, 0.25) is 10.0 Å². The number of ether oxygens (including phenoxy) is 4. The summed E-state index contributed by atoms with van der Waals surface area (Å²) >= 11 is 12.3. The number of carbonyl (C=O) groups excluding carboxylic acids is 2. The summed E-state index contributed by atoms with van der Waals surface area (Å²) in [6.07, 6.45) is 5.41. The molecule has 1 aliphatic heterocycles. The number of aliphatic hydroxyl groups is 1. The molecule has 2 aromatic carbocycles. The maximum atomic E-state index is 12.4. The van der Waals surface area contributed by atoms with Crippen LogP contribution in [0.1, 0.15) is 31.0 Å². The van der Waals surface area contributed by atoms with Gasteiger partial charge in [0.05, 0.1) is 36.6 Å². The predicted molar refractivity (Wildman–Crippen MR) is 150 cm³/mol. The number of hydrazone groups is 1. The second-order valence-corrected chi connectivity index (χ2v) is 9.06. The molecule has 0 unspecified atom stereocenters. The molecule has 2 aromatic rings. The number of halogens is 2. The number of carbonyl (C=O) groups is 2. The summed E-state index contributed by atoms with van der Waals surface area (Å²) in [5, 5.41) is 20.3. The van der Waals surface area contributed by atoms with Gasteiger partial charge in [-0.15, -0.1) is 6.42 Å². The molecule has 1 heterocycles. The Labute approximate surface area is 241 Å². The molecule has 0 bridgehead atoms. The molecule has 0 saturated heterocycles. The van der Waals surface area contributed by atoms with Gasteiger partial charge in [-0.1, -0.05) is 35.2 Å². The minimum atomic E-state index is -1.21. The average molecular weight is 591 g/mol. The third-order valence-electron chi connectivity index (χ3n) is 5.44. The molecule has 0 aliphatic carbocycles. The highest BCUT2D eigenvalue weighted by Crippen LogP contribution is 2.35. The highest BCUT2D eigenvalue weighted by molar-refractivity contribution is 6.36. The summed E-state index contributed by atoms with van der Waals surface area (Å²) < 4.78 is 21.8. The first-order valence-electron chi connectivity index (χ1n) is 12.0. The van der Waals surface area contributed by atoms with Crippen LogP contribution >= 0.6 is 23.2 Å². The van der Waals surface area contributed by atoms with Crippen molar-refractivity contribution in [2.45, 2.75) is 26.1 Å². The van der Waals surface area contributed by atoms with Crippen molar-refractivity contribution in [3.05, 3.63) is 62.8 Å². The number of terminal acetylenes is 1. The first-order chi connectivity index (χ1) is 19.2. The highest BCUT2D eigenvalue weighted by atomic mass is 35.5. The molecule has 13 heteroatoms. The predicted octanol–water partition coefficient (Wildman–Crippen LogP) is 3.53. The van der Waals surface area contributed by atoms with Gasteiger partial charge in [-0.3, -0.25) is 5.43 Å². The number of aliphatic hydroxyl groups excluding tert-OH is 1. The Morgan fingerprint density at radius 1 is 1.25 bits per heavy atom. The Morgan fingerprint density at radius 2 is 2.02 bits per heavy atom. The van der Waals surface area contributed by atoms with Crippen molar-refractivity contribution in [3.8, 4) is 29.6 Å². The lowest BCUT2D eigenvalue weighted by Crippen LogP contribution is -2.45. The van der Waals surface area contributed by atoms with Gasteiger partial charge >= 0.3 is 12.0 Å². The van der Waals surface area contributed by atoms with E-state index in [4.69, 9.17) is 48.6 Å². The summed E-state index contributed by atoms with van der Waals surface area (Å²) in [6, 6.07) is 6.78. The number of esters is 1. The third-order valence-corrected chi connectivity index (χ3v) is 5.94. The molecule has 0 saturated carbocycles. The van der Waals surface area contributed by atoms with Crippen molar-refractivity contribution in [2.75, 3.05) is 26.9 Å². The molecule has 40 heavy (non-hydrogen) atoms. The van der Waals surface area contributed by atoms with Crippen LogP contribution in [0.3, 0.4) is 0 Å². The van der Waals surface area contributed by atoms with Crippen molar-refractivity contribution in [1.29, 1.82) is 0 Å². The molecule has 2 amide bonds. The van der Waals surface area contributed by atoms with Crippen LogP contribution in [0.15, 0.2) is 46.7 Å². The van der Waals surface area contributed by atoms with Crippen LogP contribution in [-0.4, -0.2) is 56.5 Å². The van der Waals surface area contributed by atoms with Gasteiger partial charge in [0.1, 0.15) is 19.0 Å². The fourth-order valence-electron chi connectivity index (χ4n) is 3.76. The second-order valence-electron chi connectivity index (χ2n) is 8.21. The molecule has 0 spiro atoms. The quantitative estimate of drug-likeness (QED) is 0.0967. The molecule has 4 N–H and O–H groups in total. The van der Waals surface area contributed by atoms with E-state index in [1.165, 1.54) is 19.4 Å². The van der Waals surface area contributed by atoms with E-state index in [2.05, 4.69) is 27.1 Å². The molecule has 1 aliphatic rings. The minimum Gasteiger partial charge on any atom is -0.490 e. The Hall–Kier alpha value is -4.11. The topological polar surface area (TPSA) is 140 Å². The van der Waals surface area contributed by atoms with E-state index in [0.717, 1.165) is 0 Å². The number of nitrogens with one attached hydrogen (secondary N) is 3. The van der Waals surface area contributed by atoms with Crippen molar-refractivity contribution >= 4 is 41.4 Å². The summed E-state index contributed by atoms with van der Waals surface area (Å²) in [6.45, 7) is 3.51. The van der Waals surface area contributed by atoms with Gasteiger partial charge < -0.3 is 34.7 Å². The molecule has 3 rings (SSSR count). The molecule has 0 fully saturated rings. The number of urea groups is 1. The van der Waals surface area contributed by atoms with E-state index in [-0.39, 0.29) is 23.8 Å². The number of hydrogen-bond donors (Lipinski definition) is 4. The average Bonchev–Trinajstić information content (AvgIpc) is 2.91. The van der Waals surface area contributed by atoms with Crippen LogP contribution in [-0.2, 0) is 9.53 Å². The largest absolute Gasteiger partial charge is 0.490 e. The van der Waals surface area contributed by atoms with E-state index in [9.17, 15) is 14.7 Å². The molecule has 0 aromatic heterocycles. The fraction of sp³-hybridized carbons (Fsp3) is 0.296. The zero-order chi connectivity index (χ0) is 29.2. The van der Waals surface area contributed by atoms with Crippen LogP contribution in [0.25, 0.3) is 0 Å². The van der Waals surface area contributed by atoms with Crippen molar-refractivity contribution < 1.29 is 33.6 Å². The summed E-state index contributed by atoms with van der Waals surface area (Å²) in [5.41, 5.74) is 4.18. The number of hydrogen-bond acceptors (Lipinski definition) is 9. The van der Waals surface area contributed by atoms with Crippen LogP contribution in [0.4, 0.5) is 4.79 Å². The Kier molecular flexibility index (Phi) is 10.9. The molecule has 212 valence electrons. The fourth-order valence-corrected chi connectivity index (χ4v) is 4.32. The van der Waals surface area contributed by atoms with E-state index >= 15 is 0 Å². The number of amides is 2. The monoisotopic (exact) mass is 590 g/mol. The maximum Gasteiger partial charge on any atom is 0.337 e. The van der Waals surface area contributed by atoms with Crippen LogP contribution in [0, 0.1) is 12.3 Å². The van der Waals surface area contributed by atoms with Gasteiger partial charge in [0, 0.05) is 16.3 Å². The number of nitrogens with zero attached hydrogens (tertiary/aromatic N) is 1. The molecule has 11 nitrogen and oxygen atoms in total. The molecule has 0 radical (unpaired) electrons. The molecular formula is C27H28Cl2N4O7. The van der Waals surface area contributed by atoms with Gasteiger partial charge in [-0.05, 0) is 43.7 Å². The Balaban J connectivity index is 1.72. The van der Waals surface area contributed by atoms with Gasteiger partial charge in [-0.2, -0.15) is 5.10 Å². The minimum absolute atomic E-state index is 0.00303. The third kappa shape index (κ3) is 7.72. The van der Waals surface area contributed by atoms with Gasteiger partial charge in [0.15, 0.2) is 17.7 Å². The number of methoxy groups -OCH3 is 1. The van der Waals surface area contributed by atoms with E-state index in [1.807, 2.05) is 0 Å². The normalized spacial score (nSPS) is 15.5. The number of allylic oxidation sites excluding steroid dienone is 1. The smallest absolute Gasteiger partial charge is 0.337 e. The number of rotatable bonds is 12. The van der Waals surface area contributed by atoms with E-state index in [0.29, 0.717) is 45.7 Å². The lowest BCUT2D eigenvalue weighted by atomic mass is 9.95. The lowest BCUT2D eigenvalue weighted by Gasteiger charge is -2.28. The second kappa shape index (κ2) is 14.3. The van der Waals surface area contributed by atoms with Crippen LogP contribution < -0.4 is 30.3 Å². The number of benzene rings is 2. The van der Waals surface area contributed by atoms with Crippen molar-refractivity contribution in [3.63, 3.8) is 0 Å². The summed E-state index contributed by atoms with van der Waals surface area (Å²) in [4.78, 5) is 24.5. The van der Waals surface area contributed by atoms with E-state index < -0.39 is 24.3 Å². The Morgan fingerprint density at radius 3 is 2.73 bits per heavy atom. The van der Waals surface area contributed by atoms with Crippen molar-refractivity contribution in [1.82, 2.24) is 16.1 Å². The van der Waals surface area contributed by atoms with Gasteiger partial charge in [0.2, 0.25) is 0 Å². The van der Waals surface area contributed by atoms with E-state index in [1.54, 1.807) is 38.1 Å². The summed E-state index contributed by atoms with van der Waals surface area (Å²) in [5.74, 6) is 2.73. The first kappa shape index (κ1) is 30.4. The highest BCUT2D eigenvalue weighted by Gasteiger charge is 2.32. The van der Waals surface area contributed by atoms with Gasteiger partial charge in [0.25, 0.3) is 0 Å². The molecule has 2 atom stereocenters. The zero-order valence-corrected chi connectivity index (χ0v) is 23.4. The van der Waals surface area contributed by atoms with Crippen molar-refractivity contribution in [2.24, 2.45) is 5.10 Å². The first-order valence-corrected chi connectivity index (χ1v) is 12.7.